The first-order valence-electron chi connectivity index (χ1n) is 7.19. The van der Waals surface area contributed by atoms with Gasteiger partial charge in [-0.25, -0.2) is 8.42 Å². The van der Waals surface area contributed by atoms with Crippen molar-refractivity contribution in [3.8, 4) is 0 Å². The van der Waals surface area contributed by atoms with Crippen LogP contribution in [0.15, 0.2) is 23.1 Å². The maximum atomic E-state index is 12.3. The molecule has 1 fully saturated rings. The van der Waals surface area contributed by atoms with E-state index in [-0.39, 0.29) is 10.8 Å². The van der Waals surface area contributed by atoms with Gasteiger partial charge in [0.1, 0.15) is 0 Å². The Labute approximate surface area is 126 Å². The van der Waals surface area contributed by atoms with Gasteiger partial charge in [-0.05, 0) is 56.9 Å². The Bertz CT molecular complexity index is 634. The molecule has 0 spiro atoms. The van der Waals surface area contributed by atoms with Gasteiger partial charge >= 0.3 is 0 Å². The minimum Gasteiger partial charge on any atom is -0.341 e. The minimum absolute atomic E-state index is 0.153. The van der Waals surface area contributed by atoms with Crippen LogP contribution in [0.1, 0.15) is 30.9 Å². The Morgan fingerprint density at radius 3 is 2.38 bits per heavy atom. The third-order valence-electron chi connectivity index (χ3n) is 3.91. The fourth-order valence-corrected chi connectivity index (χ4v) is 3.73. The number of amides is 1. The Balaban J connectivity index is 2.12. The molecule has 0 saturated carbocycles. The van der Waals surface area contributed by atoms with Gasteiger partial charge in [-0.1, -0.05) is 6.07 Å². The van der Waals surface area contributed by atoms with Crippen LogP contribution >= 0.6 is 0 Å². The Morgan fingerprint density at radius 2 is 1.81 bits per heavy atom. The molecule has 116 valence electrons. The molecule has 1 saturated heterocycles. The quantitative estimate of drug-likeness (QED) is 0.918. The largest absolute Gasteiger partial charge is 0.341 e. The second-order valence-corrected chi connectivity index (χ2v) is 7.34. The highest BCUT2D eigenvalue weighted by Gasteiger charge is 2.27. The zero-order chi connectivity index (χ0) is 15.6. The first-order chi connectivity index (χ1) is 9.81. The first kappa shape index (κ1) is 16.0. The first-order valence-corrected chi connectivity index (χ1v) is 8.68. The summed E-state index contributed by atoms with van der Waals surface area (Å²) in [5.41, 5.74) is 1.95. The van der Waals surface area contributed by atoms with E-state index in [2.05, 4.69) is 4.72 Å². The number of hydrogen-bond donors (Lipinski definition) is 1. The van der Waals surface area contributed by atoms with E-state index in [4.69, 9.17) is 0 Å². The smallest absolute Gasteiger partial charge is 0.241 e. The summed E-state index contributed by atoms with van der Waals surface area (Å²) in [6.07, 6.45) is 1.98. The van der Waals surface area contributed by atoms with Gasteiger partial charge in [-0.15, -0.1) is 0 Å². The lowest BCUT2D eigenvalue weighted by Crippen LogP contribution is -2.45. The van der Waals surface area contributed by atoms with Crippen molar-refractivity contribution in [1.82, 2.24) is 9.62 Å². The summed E-state index contributed by atoms with van der Waals surface area (Å²) < 4.78 is 27.2. The summed E-state index contributed by atoms with van der Waals surface area (Å²) in [5.74, 6) is -0.153. The van der Waals surface area contributed by atoms with E-state index in [1.165, 1.54) is 0 Å². The van der Waals surface area contributed by atoms with Crippen LogP contribution in [0.25, 0.3) is 0 Å². The maximum Gasteiger partial charge on any atom is 0.241 e. The summed E-state index contributed by atoms with van der Waals surface area (Å²) >= 11 is 0. The molecular formula is C15H22N2O3S. The van der Waals surface area contributed by atoms with Crippen LogP contribution < -0.4 is 4.72 Å². The number of nitrogens with zero attached hydrogens (tertiary/aromatic N) is 1. The average molecular weight is 310 g/mol. The van der Waals surface area contributed by atoms with Gasteiger partial charge in [0.15, 0.2) is 0 Å². The molecule has 0 aromatic heterocycles. The summed E-state index contributed by atoms with van der Waals surface area (Å²) in [4.78, 5) is 14.1. The molecule has 0 bridgehead atoms. The van der Waals surface area contributed by atoms with E-state index in [9.17, 15) is 13.2 Å². The van der Waals surface area contributed by atoms with Gasteiger partial charge in [-0.2, -0.15) is 4.72 Å². The number of benzene rings is 1. The normalized spacial score (nSPS) is 17.0. The van der Waals surface area contributed by atoms with E-state index in [1.807, 2.05) is 13.8 Å². The lowest BCUT2D eigenvalue weighted by molar-refractivity contribution is -0.131. The van der Waals surface area contributed by atoms with E-state index >= 15 is 0 Å². The number of nitrogens with one attached hydrogen (secondary N) is 1. The second kappa shape index (κ2) is 6.15. The number of sulfonamides is 1. The molecule has 1 aliphatic heterocycles. The molecule has 1 N–H and O–H groups in total. The molecule has 6 heteroatoms. The van der Waals surface area contributed by atoms with Crippen molar-refractivity contribution in [2.24, 2.45) is 0 Å². The molecule has 21 heavy (non-hydrogen) atoms. The van der Waals surface area contributed by atoms with Gasteiger partial charge in [-0.3, -0.25) is 4.79 Å². The van der Waals surface area contributed by atoms with Crippen molar-refractivity contribution in [3.05, 3.63) is 29.3 Å². The van der Waals surface area contributed by atoms with Crippen LogP contribution in [0.4, 0.5) is 0 Å². The highest BCUT2D eigenvalue weighted by Crippen LogP contribution is 2.16. The number of aryl methyl sites for hydroxylation is 2. The fraction of sp³-hybridized carbons (Fsp3) is 0.533. The summed E-state index contributed by atoms with van der Waals surface area (Å²) in [5, 5.41) is 0. The number of carbonyl (C=O) groups excluding carboxylic acids is 1. The number of likely N-dealkylation sites (tertiary alicyclic amines) is 1. The lowest BCUT2D eigenvalue weighted by Gasteiger charge is -2.21. The standard InChI is InChI=1S/C15H22N2O3S/c1-11-6-7-14(10-12(11)2)21(19,20)16-13(3)15(18)17-8-4-5-9-17/h6-7,10,13,16H,4-5,8-9H2,1-3H3/t13-/m0/s1. The molecule has 1 atom stereocenters. The number of hydrogen-bond acceptors (Lipinski definition) is 3. The topological polar surface area (TPSA) is 66.5 Å². The summed E-state index contributed by atoms with van der Waals surface area (Å²) in [6.45, 7) is 6.83. The van der Waals surface area contributed by atoms with Gasteiger partial charge < -0.3 is 4.90 Å². The minimum atomic E-state index is -3.67. The highest BCUT2D eigenvalue weighted by atomic mass is 32.2. The zero-order valence-electron chi connectivity index (χ0n) is 12.7. The maximum absolute atomic E-state index is 12.3. The lowest BCUT2D eigenvalue weighted by atomic mass is 10.1. The van der Waals surface area contributed by atoms with E-state index < -0.39 is 16.1 Å². The molecule has 1 aromatic carbocycles. The van der Waals surface area contributed by atoms with E-state index in [0.717, 1.165) is 24.0 Å². The molecule has 5 nitrogen and oxygen atoms in total. The van der Waals surface area contributed by atoms with Gasteiger partial charge in [0, 0.05) is 13.1 Å². The van der Waals surface area contributed by atoms with Crippen molar-refractivity contribution in [2.75, 3.05) is 13.1 Å². The van der Waals surface area contributed by atoms with Crippen LogP contribution in [0.2, 0.25) is 0 Å². The molecule has 1 aliphatic rings. The van der Waals surface area contributed by atoms with Crippen molar-refractivity contribution in [3.63, 3.8) is 0 Å². The molecule has 0 aliphatic carbocycles. The number of rotatable bonds is 4. The molecule has 2 rings (SSSR count). The summed E-state index contributed by atoms with van der Waals surface area (Å²) in [7, 11) is -3.67. The van der Waals surface area contributed by atoms with Crippen LogP contribution in [0.5, 0.6) is 0 Å². The third-order valence-corrected chi connectivity index (χ3v) is 5.45. The molecule has 0 radical (unpaired) electrons. The zero-order valence-corrected chi connectivity index (χ0v) is 13.5. The molecule has 0 unspecified atom stereocenters. The van der Waals surface area contributed by atoms with E-state index in [1.54, 1.807) is 30.0 Å². The van der Waals surface area contributed by atoms with Crippen molar-refractivity contribution >= 4 is 15.9 Å². The van der Waals surface area contributed by atoms with Crippen LogP contribution in [0.3, 0.4) is 0 Å². The molecular weight excluding hydrogens is 288 g/mol. The Kier molecular flexibility index (Phi) is 4.68. The third kappa shape index (κ3) is 3.63. The molecule has 1 aromatic rings. The summed E-state index contributed by atoms with van der Waals surface area (Å²) in [6, 6.07) is 4.23. The van der Waals surface area contributed by atoms with Gasteiger partial charge in [0.2, 0.25) is 15.9 Å². The second-order valence-electron chi connectivity index (χ2n) is 5.62. The van der Waals surface area contributed by atoms with Crippen LogP contribution in [-0.4, -0.2) is 38.4 Å². The molecule has 1 heterocycles. The van der Waals surface area contributed by atoms with Crippen LogP contribution in [0, 0.1) is 13.8 Å². The predicted molar refractivity (Wildman–Crippen MR) is 81.5 cm³/mol. The Hall–Kier alpha value is -1.40. The fourth-order valence-electron chi connectivity index (χ4n) is 2.44. The average Bonchev–Trinajstić information content (AvgIpc) is 2.94. The Morgan fingerprint density at radius 1 is 1.19 bits per heavy atom. The van der Waals surface area contributed by atoms with Crippen molar-refractivity contribution < 1.29 is 13.2 Å². The van der Waals surface area contributed by atoms with E-state index in [0.29, 0.717) is 13.1 Å². The monoisotopic (exact) mass is 310 g/mol. The van der Waals surface area contributed by atoms with Crippen LogP contribution in [-0.2, 0) is 14.8 Å². The SMILES string of the molecule is Cc1ccc(S(=O)(=O)N[C@@H](C)C(=O)N2CCCC2)cc1C. The van der Waals surface area contributed by atoms with Crippen molar-refractivity contribution in [2.45, 2.75) is 44.6 Å². The highest BCUT2D eigenvalue weighted by molar-refractivity contribution is 7.89. The predicted octanol–water partition coefficient (Wildman–Crippen LogP) is 1.59. The molecule has 1 amide bonds. The van der Waals surface area contributed by atoms with Gasteiger partial charge in [0.25, 0.3) is 0 Å². The van der Waals surface area contributed by atoms with Gasteiger partial charge in [0.05, 0.1) is 10.9 Å². The van der Waals surface area contributed by atoms with Crippen molar-refractivity contribution in [1.29, 1.82) is 0 Å². The number of carbonyl (C=O) groups is 1.